The van der Waals surface area contributed by atoms with Gasteiger partial charge in [0.1, 0.15) is 11.8 Å². The number of hydroxylamine groups is 3. The van der Waals surface area contributed by atoms with Crippen LogP contribution in [0.5, 0.6) is 17.2 Å². The molecule has 5 heteroatoms. The third kappa shape index (κ3) is 2.85. The molecule has 3 rings (SSSR count). The predicted octanol–water partition coefficient (Wildman–Crippen LogP) is 2.89. The second-order valence-electron chi connectivity index (χ2n) is 6.22. The number of methoxy groups -OCH3 is 1. The number of hydrogen-bond acceptors (Lipinski definition) is 4. The molecule has 2 atom stereocenters. The van der Waals surface area contributed by atoms with Crippen LogP contribution in [0.4, 0.5) is 0 Å². The maximum absolute atomic E-state index is 13.0. The van der Waals surface area contributed by atoms with Crippen molar-refractivity contribution in [2.45, 2.75) is 18.9 Å². The van der Waals surface area contributed by atoms with Gasteiger partial charge in [-0.1, -0.05) is 18.2 Å². The highest BCUT2D eigenvalue weighted by Crippen LogP contribution is 2.45. The fraction of sp³-hybridized carbons (Fsp3) is 0.333. The molecule has 0 amide bonds. The van der Waals surface area contributed by atoms with Crippen molar-refractivity contribution >= 4 is 0 Å². The summed E-state index contributed by atoms with van der Waals surface area (Å²) in [6.45, 7) is 0.474. The topological polar surface area (TPSA) is 72.8 Å². The Balaban J connectivity index is 2.05. The van der Waals surface area contributed by atoms with E-state index >= 15 is 0 Å². The zero-order valence-corrected chi connectivity index (χ0v) is 13.3. The van der Waals surface area contributed by atoms with Crippen LogP contribution in [-0.2, 0) is 12.8 Å². The van der Waals surface area contributed by atoms with E-state index in [2.05, 4.69) is 0 Å². The molecular weight excluding hydrogens is 294 g/mol. The summed E-state index contributed by atoms with van der Waals surface area (Å²) in [5.41, 5.74) is 2.63. The van der Waals surface area contributed by atoms with E-state index in [4.69, 9.17) is 4.74 Å². The lowest BCUT2D eigenvalue weighted by Gasteiger charge is -2.49. The fourth-order valence-corrected chi connectivity index (χ4v) is 3.31. The second-order valence-corrected chi connectivity index (χ2v) is 6.22. The van der Waals surface area contributed by atoms with Crippen LogP contribution < -0.4 is 4.74 Å². The minimum atomic E-state index is -0.436. The third-order valence-electron chi connectivity index (χ3n) is 4.67. The molecule has 0 unspecified atom stereocenters. The molecule has 0 aromatic heterocycles. The number of ether oxygens (including phenoxy) is 1. The molecule has 1 aliphatic rings. The highest BCUT2D eigenvalue weighted by atomic mass is 16.5. The molecule has 0 fully saturated rings. The van der Waals surface area contributed by atoms with E-state index in [1.54, 1.807) is 37.4 Å². The molecule has 0 spiro atoms. The summed E-state index contributed by atoms with van der Waals surface area (Å²) in [4.78, 5) is 0. The molecule has 0 saturated heterocycles. The van der Waals surface area contributed by atoms with Gasteiger partial charge >= 0.3 is 0 Å². The van der Waals surface area contributed by atoms with Gasteiger partial charge in [-0.25, -0.2) is 0 Å². The van der Waals surface area contributed by atoms with Crippen LogP contribution in [0, 0.1) is 5.21 Å². The first kappa shape index (κ1) is 15.6. The molecule has 0 aliphatic carbocycles. The third-order valence-corrected chi connectivity index (χ3v) is 4.67. The van der Waals surface area contributed by atoms with Crippen LogP contribution in [0.15, 0.2) is 36.4 Å². The molecule has 5 nitrogen and oxygen atoms in total. The quantitative estimate of drug-likeness (QED) is 0.675. The SMILES string of the molecule is COc1ccc2c(c1O)[C@@H](Cc1ccc(O)cc1)[N@+](C)([O-])CC2. The zero-order valence-electron chi connectivity index (χ0n) is 13.3. The minimum absolute atomic E-state index is 0.0636. The maximum Gasteiger partial charge on any atom is 0.167 e. The lowest BCUT2D eigenvalue weighted by Crippen LogP contribution is -2.47. The van der Waals surface area contributed by atoms with Crippen LogP contribution in [-0.4, -0.2) is 35.6 Å². The number of quaternary nitrogens is 1. The zero-order chi connectivity index (χ0) is 16.6. The van der Waals surface area contributed by atoms with Crippen LogP contribution in [0.2, 0.25) is 0 Å². The summed E-state index contributed by atoms with van der Waals surface area (Å²) >= 11 is 0. The average molecular weight is 315 g/mol. The Labute approximate surface area is 135 Å². The van der Waals surface area contributed by atoms with Crippen molar-refractivity contribution in [1.29, 1.82) is 0 Å². The summed E-state index contributed by atoms with van der Waals surface area (Å²) in [6.07, 6.45) is 1.13. The largest absolute Gasteiger partial charge is 0.633 e. The van der Waals surface area contributed by atoms with E-state index < -0.39 is 10.7 Å². The van der Waals surface area contributed by atoms with Gasteiger partial charge < -0.3 is 24.8 Å². The van der Waals surface area contributed by atoms with Crippen molar-refractivity contribution in [3.8, 4) is 17.2 Å². The Morgan fingerprint density at radius 1 is 1.17 bits per heavy atom. The smallest absolute Gasteiger partial charge is 0.167 e. The van der Waals surface area contributed by atoms with Crippen molar-refractivity contribution < 1.29 is 19.6 Å². The number of phenolic OH excluding ortho intramolecular Hbond substituents is 2. The Bertz CT molecular complexity index is 710. The Morgan fingerprint density at radius 3 is 2.52 bits per heavy atom. The first-order valence-corrected chi connectivity index (χ1v) is 7.65. The van der Waals surface area contributed by atoms with Crippen LogP contribution in [0.3, 0.4) is 0 Å². The van der Waals surface area contributed by atoms with Gasteiger partial charge in [0, 0.05) is 12.8 Å². The summed E-state index contributed by atoms with van der Waals surface area (Å²) in [5, 5.41) is 32.9. The molecule has 0 bridgehead atoms. The Kier molecular flexibility index (Phi) is 3.92. The van der Waals surface area contributed by atoms with E-state index in [0.717, 1.165) is 11.1 Å². The maximum atomic E-state index is 13.0. The van der Waals surface area contributed by atoms with Gasteiger partial charge in [-0.05, 0) is 29.3 Å². The molecule has 23 heavy (non-hydrogen) atoms. The van der Waals surface area contributed by atoms with E-state index in [9.17, 15) is 15.4 Å². The van der Waals surface area contributed by atoms with Crippen LogP contribution in [0.25, 0.3) is 0 Å². The molecule has 1 aliphatic heterocycles. The highest BCUT2D eigenvalue weighted by molar-refractivity contribution is 5.52. The first-order chi connectivity index (χ1) is 10.9. The number of rotatable bonds is 3. The fourth-order valence-electron chi connectivity index (χ4n) is 3.31. The average Bonchev–Trinajstić information content (AvgIpc) is 2.52. The Morgan fingerprint density at radius 2 is 1.87 bits per heavy atom. The predicted molar refractivity (Wildman–Crippen MR) is 87.3 cm³/mol. The number of phenols is 2. The summed E-state index contributed by atoms with van der Waals surface area (Å²) in [5.74, 6) is 0.650. The van der Waals surface area contributed by atoms with Gasteiger partial charge in [0.05, 0.1) is 26.3 Å². The summed E-state index contributed by atoms with van der Waals surface area (Å²) in [6, 6.07) is 10.1. The number of likely N-dealkylation sites (N-methyl/N-ethyl adjacent to an activating group) is 1. The van der Waals surface area contributed by atoms with Crippen LogP contribution >= 0.6 is 0 Å². The lowest BCUT2D eigenvalue weighted by atomic mass is 9.87. The molecule has 0 saturated carbocycles. The van der Waals surface area contributed by atoms with Gasteiger partial charge in [0.15, 0.2) is 11.5 Å². The monoisotopic (exact) mass is 315 g/mol. The van der Waals surface area contributed by atoms with Crippen LogP contribution in [0.1, 0.15) is 22.7 Å². The number of benzene rings is 2. The molecule has 122 valence electrons. The summed E-state index contributed by atoms with van der Waals surface area (Å²) < 4.78 is 4.77. The highest BCUT2D eigenvalue weighted by Gasteiger charge is 2.36. The Hall–Kier alpha value is -2.24. The molecule has 2 N–H and O–H groups in total. The summed E-state index contributed by atoms with van der Waals surface area (Å²) in [7, 11) is 3.15. The van der Waals surface area contributed by atoms with Gasteiger partial charge in [-0.2, -0.15) is 0 Å². The normalized spacial score (nSPS) is 23.3. The standard InChI is InChI=1S/C18H21NO4/c1-19(22)10-9-13-5-8-16(23-2)18(21)17(13)15(19)11-12-3-6-14(20)7-4-12/h3-8,15,20-21H,9-11H2,1-2H3/t15-,19-/m1/s1. The van der Waals surface area contributed by atoms with Crippen molar-refractivity contribution in [3.05, 3.63) is 58.3 Å². The number of aromatic hydroxyl groups is 2. The van der Waals surface area contributed by atoms with E-state index in [-0.39, 0.29) is 11.5 Å². The second kappa shape index (κ2) is 5.76. The van der Waals surface area contributed by atoms with Gasteiger partial charge in [-0.15, -0.1) is 0 Å². The van der Waals surface area contributed by atoms with Crippen molar-refractivity contribution in [3.63, 3.8) is 0 Å². The van der Waals surface area contributed by atoms with E-state index in [0.29, 0.717) is 30.7 Å². The number of hydrogen-bond donors (Lipinski definition) is 2. The molecule has 2 aromatic rings. The number of fused-ring (bicyclic) bond motifs is 1. The first-order valence-electron chi connectivity index (χ1n) is 7.65. The lowest BCUT2D eigenvalue weighted by molar-refractivity contribution is -0.894. The molecule has 0 radical (unpaired) electrons. The van der Waals surface area contributed by atoms with E-state index in [1.165, 1.54) is 7.11 Å². The molecule has 2 aromatic carbocycles. The van der Waals surface area contributed by atoms with E-state index in [1.807, 2.05) is 6.07 Å². The van der Waals surface area contributed by atoms with Crippen molar-refractivity contribution in [2.24, 2.45) is 0 Å². The van der Waals surface area contributed by atoms with Crippen molar-refractivity contribution in [2.75, 3.05) is 20.7 Å². The number of nitrogens with zero attached hydrogens (tertiary/aromatic N) is 1. The van der Waals surface area contributed by atoms with Gasteiger partial charge in [0.2, 0.25) is 0 Å². The van der Waals surface area contributed by atoms with Gasteiger partial charge in [-0.3, -0.25) is 0 Å². The van der Waals surface area contributed by atoms with Gasteiger partial charge in [0.25, 0.3) is 0 Å². The van der Waals surface area contributed by atoms with Crippen molar-refractivity contribution in [1.82, 2.24) is 0 Å². The molecule has 1 heterocycles. The molecular formula is C18H21NO4. The minimum Gasteiger partial charge on any atom is -0.633 e.